The largest absolute Gasteiger partial charge is 0.493 e. The van der Waals surface area contributed by atoms with Crippen LogP contribution in [0.15, 0.2) is 29.4 Å². The second kappa shape index (κ2) is 7.87. The summed E-state index contributed by atoms with van der Waals surface area (Å²) in [6.07, 6.45) is -2.57. The Hall–Kier alpha value is -2.40. The maximum Gasteiger partial charge on any atom is 0.417 e. The minimum Gasteiger partial charge on any atom is -0.493 e. The Kier molecular flexibility index (Phi) is 5.61. The van der Waals surface area contributed by atoms with Crippen molar-refractivity contribution in [3.05, 3.63) is 47.4 Å². The quantitative estimate of drug-likeness (QED) is 0.385. The number of imidazole rings is 1. The zero-order valence-electron chi connectivity index (χ0n) is 17.6. The molecule has 3 heterocycles. The Morgan fingerprint density at radius 1 is 1.25 bits per heavy atom. The molecule has 4 atom stereocenters. The molecule has 0 spiro atoms. The molecule has 0 unspecified atom stereocenters. The normalized spacial score (nSPS) is 26.1. The van der Waals surface area contributed by atoms with Gasteiger partial charge in [0.1, 0.15) is 11.9 Å². The Morgan fingerprint density at radius 2 is 1.97 bits per heavy atom. The monoisotopic (exact) mass is 473 g/mol. The number of aromatic nitrogens is 3. The van der Waals surface area contributed by atoms with E-state index >= 15 is 0 Å². The molecule has 11 heteroatoms. The standard InChI is InChI=1S/C21H20F5N3O2S/c1-9-15(10-5-6-11(22)16(23)17(10)30-3)18(31-20(9,2)21(24,25)26)19-28-12-7-14(32-4)27-8-13(12)29-19/h5-9,15,18H,1-4H3,(H,28,29)/t9-,15-,18+,20+/m0/s1. The number of methoxy groups -OCH3 is 1. The van der Waals surface area contributed by atoms with Crippen molar-refractivity contribution >= 4 is 22.8 Å². The Labute approximate surface area is 184 Å². The highest BCUT2D eigenvalue weighted by atomic mass is 32.2. The van der Waals surface area contributed by atoms with Gasteiger partial charge in [-0.05, 0) is 25.3 Å². The van der Waals surface area contributed by atoms with E-state index in [1.807, 2.05) is 6.26 Å². The van der Waals surface area contributed by atoms with Crippen molar-refractivity contribution in [1.82, 2.24) is 15.0 Å². The van der Waals surface area contributed by atoms with Gasteiger partial charge in [0.15, 0.2) is 17.2 Å². The van der Waals surface area contributed by atoms with Crippen LogP contribution in [0.5, 0.6) is 5.75 Å². The number of halogens is 5. The van der Waals surface area contributed by atoms with Gasteiger partial charge >= 0.3 is 6.18 Å². The number of rotatable bonds is 4. The molecular formula is C21H20F5N3O2S. The first-order chi connectivity index (χ1) is 15.0. The lowest BCUT2D eigenvalue weighted by Crippen LogP contribution is -2.46. The fourth-order valence-electron chi connectivity index (χ4n) is 4.21. The van der Waals surface area contributed by atoms with Gasteiger partial charge in [0.25, 0.3) is 0 Å². The van der Waals surface area contributed by atoms with Crippen LogP contribution in [0.25, 0.3) is 11.0 Å². The first-order valence-corrected chi connectivity index (χ1v) is 10.9. The maximum absolute atomic E-state index is 14.5. The van der Waals surface area contributed by atoms with Gasteiger partial charge in [-0.15, -0.1) is 11.8 Å². The van der Waals surface area contributed by atoms with Crippen LogP contribution in [-0.4, -0.2) is 40.1 Å². The summed E-state index contributed by atoms with van der Waals surface area (Å²) in [6, 6.07) is 3.80. The predicted molar refractivity (Wildman–Crippen MR) is 109 cm³/mol. The van der Waals surface area contributed by atoms with E-state index in [-0.39, 0.29) is 11.4 Å². The third kappa shape index (κ3) is 3.42. The van der Waals surface area contributed by atoms with Gasteiger partial charge in [-0.3, -0.25) is 0 Å². The number of thioether (sulfide) groups is 1. The average molecular weight is 473 g/mol. The molecular weight excluding hydrogens is 453 g/mol. The van der Waals surface area contributed by atoms with Crippen LogP contribution in [-0.2, 0) is 4.74 Å². The lowest BCUT2D eigenvalue weighted by molar-refractivity contribution is -0.275. The summed E-state index contributed by atoms with van der Waals surface area (Å²) >= 11 is 1.40. The van der Waals surface area contributed by atoms with Crippen molar-refractivity contribution in [2.45, 2.75) is 42.7 Å². The molecule has 1 aliphatic heterocycles. The molecule has 1 saturated heterocycles. The predicted octanol–water partition coefficient (Wildman–Crippen LogP) is 5.78. The zero-order chi connectivity index (χ0) is 23.4. The maximum atomic E-state index is 14.5. The number of aromatic amines is 1. The summed E-state index contributed by atoms with van der Waals surface area (Å²) in [7, 11) is 1.14. The molecule has 2 aromatic heterocycles. The van der Waals surface area contributed by atoms with Crippen LogP contribution >= 0.6 is 11.8 Å². The van der Waals surface area contributed by atoms with Crippen LogP contribution in [0, 0.1) is 17.6 Å². The number of fused-ring (bicyclic) bond motifs is 1. The molecule has 5 nitrogen and oxygen atoms in total. The van der Waals surface area contributed by atoms with E-state index in [1.165, 1.54) is 30.9 Å². The minimum absolute atomic E-state index is 0.0697. The van der Waals surface area contributed by atoms with Gasteiger partial charge in [0, 0.05) is 17.4 Å². The van der Waals surface area contributed by atoms with E-state index in [9.17, 15) is 22.0 Å². The van der Waals surface area contributed by atoms with Crippen LogP contribution < -0.4 is 4.74 Å². The topological polar surface area (TPSA) is 60.0 Å². The van der Waals surface area contributed by atoms with Gasteiger partial charge in [0.05, 0.1) is 29.4 Å². The van der Waals surface area contributed by atoms with E-state index in [0.29, 0.717) is 16.1 Å². The number of nitrogens with one attached hydrogen (secondary N) is 1. The molecule has 4 rings (SSSR count). The number of hydrogen-bond acceptors (Lipinski definition) is 5. The van der Waals surface area contributed by atoms with E-state index in [0.717, 1.165) is 20.1 Å². The van der Waals surface area contributed by atoms with Crippen molar-refractivity contribution in [3.8, 4) is 5.75 Å². The number of pyridine rings is 1. The van der Waals surface area contributed by atoms with Crippen molar-refractivity contribution in [3.63, 3.8) is 0 Å². The summed E-state index contributed by atoms with van der Waals surface area (Å²) in [5, 5.41) is 0.690. The SMILES string of the molecule is COc1c([C@H]2[C@H](c3nc4cc(SC)ncc4[nH]3)O[C@@](C)(C(F)(F)F)[C@H]2C)ccc(F)c1F. The smallest absolute Gasteiger partial charge is 0.417 e. The second-order valence-corrected chi connectivity index (χ2v) is 8.63. The first-order valence-electron chi connectivity index (χ1n) is 9.68. The van der Waals surface area contributed by atoms with E-state index in [4.69, 9.17) is 9.47 Å². The number of H-pyrrole nitrogens is 1. The summed E-state index contributed by atoms with van der Waals surface area (Å²) in [4.78, 5) is 11.7. The highest BCUT2D eigenvalue weighted by Gasteiger charge is 2.65. The lowest BCUT2D eigenvalue weighted by atomic mass is 9.77. The molecule has 0 radical (unpaired) electrons. The van der Waals surface area contributed by atoms with Crippen molar-refractivity contribution in [2.75, 3.05) is 13.4 Å². The molecule has 1 fully saturated rings. The average Bonchev–Trinajstić information content (AvgIpc) is 3.28. The van der Waals surface area contributed by atoms with Crippen molar-refractivity contribution < 1.29 is 31.4 Å². The van der Waals surface area contributed by atoms with Crippen molar-refractivity contribution in [2.24, 2.45) is 5.92 Å². The molecule has 172 valence electrons. The molecule has 0 bridgehead atoms. The number of ether oxygens (including phenoxy) is 2. The van der Waals surface area contributed by atoms with E-state index in [1.54, 1.807) is 6.07 Å². The van der Waals surface area contributed by atoms with E-state index in [2.05, 4.69) is 15.0 Å². The first kappa shape index (κ1) is 22.8. The van der Waals surface area contributed by atoms with Crippen LogP contribution in [0.4, 0.5) is 22.0 Å². The van der Waals surface area contributed by atoms with E-state index < -0.39 is 47.1 Å². The number of hydrogen-bond donors (Lipinski definition) is 1. The Morgan fingerprint density at radius 3 is 2.59 bits per heavy atom. The van der Waals surface area contributed by atoms with Gasteiger partial charge in [0.2, 0.25) is 5.82 Å². The fraction of sp³-hybridized carbons (Fsp3) is 0.429. The van der Waals surface area contributed by atoms with Gasteiger partial charge in [-0.2, -0.15) is 17.6 Å². The number of nitrogens with zero attached hydrogens (tertiary/aromatic N) is 2. The minimum atomic E-state index is -4.72. The summed E-state index contributed by atoms with van der Waals surface area (Å²) in [6.45, 7) is 2.32. The number of alkyl halides is 3. The summed E-state index contributed by atoms with van der Waals surface area (Å²) in [5.74, 6) is -4.94. The van der Waals surface area contributed by atoms with Crippen LogP contribution in [0.2, 0.25) is 0 Å². The summed E-state index contributed by atoms with van der Waals surface area (Å²) in [5.41, 5.74) is -1.46. The molecule has 0 aliphatic carbocycles. The number of benzene rings is 1. The fourth-order valence-corrected chi connectivity index (χ4v) is 4.59. The van der Waals surface area contributed by atoms with Crippen LogP contribution in [0.3, 0.4) is 0 Å². The molecule has 32 heavy (non-hydrogen) atoms. The molecule has 0 amide bonds. The summed E-state index contributed by atoms with van der Waals surface area (Å²) < 4.78 is 81.1. The van der Waals surface area contributed by atoms with Crippen molar-refractivity contribution in [1.29, 1.82) is 0 Å². The van der Waals surface area contributed by atoms with Gasteiger partial charge in [-0.25, -0.2) is 14.4 Å². The molecule has 0 saturated carbocycles. The molecule has 1 N–H and O–H groups in total. The third-order valence-electron chi connectivity index (χ3n) is 6.15. The highest BCUT2D eigenvalue weighted by Crippen LogP contribution is 2.59. The molecule has 3 aromatic rings. The lowest BCUT2D eigenvalue weighted by Gasteiger charge is -2.32. The Bertz CT molecular complexity index is 1170. The highest BCUT2D eigenvalue weighted by molar-refractivity contribution is 7.98. The molecule has 1 aromatic carbocycles. The second-order valence-electron chi connectivity index (χ2n) is 7.81. The Balaban J connectivity index is 1.90. The zero-order valence-corrected chi connectivity index (χ0v) is 18.4. The third-order valence-corrected chi connectivity index (χ3v) is 6.79. The van der Waals surface area contributed by atoms with Gasteiger partial charge in [-0.1, -0.05) is 13.0 Å². The van der Waals surface area contributed by atoms with Gasteiger partial charge < -0.3 is 14.5 Å². The molecule has 1 aliphatic rings. The van der Waals surface area contributed by atoms with Crippen LogP contribution in [0.1, 0.15) is 37.3 Å².